The molecule has 2 aromatic rings. The van der Waals surface area contributed by atoms with E-state index in [0.717, 1.165) is 12.8 Å². The molecule has 0 radical (unpaired) electrons. The lowest BCUT2D eigenvalue weighted by Gasteiger charge is -2.31. The first-order valence-electron chi connectivity index (χ1n) is 10.6. The molecule has 0 saturated carbocycles. The quantitative estimate of drug-likeness (QED) is 0.492. The number of halogens is 2. The first-order chi connectivity index (χ1) is 14.9. The van der Waals surface area contributed by atoms with Crippen molar-refractivity contribution in [3.63, 3.8) is 0 Å². The molecule has 2 aromatic carbocycles. The van der Waals surface area contributed by atoms with Gasteiger partial charge in [0.05, 0.1) is 0 Å². The smallest absolute Gasteiger partial charge is 0.261 e. The molecule has 0 aliphatic carbocycles. The van der Waals surface area contributed by atoms with E-state index in [1.807, 2.05) is 38.1 Å². The molecule has 2 rings (SSSR count). The molecule has 0 saturated heterocycles. The fourth-order valence-electron chi connectivity index (χ4n) is 3.19. The predicted molar refractivity (Wildman–Crippen MR) is 126 cm³/mol. The number of hydrogen-bond donors (Lipinski definition) is 1. The maximum absolute atomic E-state index is 13.2. The average Bonchev–Trinajstić information content (AvgIpc) is 2.78. The average molecular weight is 465 g/mol. The minimum absolute atomic E-state index is 0.119. The molecule has 0 bridgehead atoms. The minimum Gasteiger partial charge on any atom is -0.484 e. The van der Waals surface area contributed by atoms with Crippen LogP contribution < -0.4 is 10.1 Å². The van der Waals surface area contributed by atoms with Crippen LogP contribution in [0, 0.1) is 0 Å². The number of carbonyl (C=O) groups excluding carboxylic acids is 2. The highest BCUT2D eigenvalue weighted by Crippen LogP contribution is 2.27. The third-order valence-electron chi connectivity index (χ3n) is 5.02. The number of nitrogens with one attached hydrogen (secondary N) is 1. The second kappa shape index (κ2) is 12.6. The second-order valence-electron chi connectivity index (χ2n) is 7.22. The van der Waals surface area contributed by atoms with E-state index in [-0.39, 0.29) is 25.0 Å². The predicted octanol–water partition coefficient (Wildman–Crippen LogP) is 5.27. The van der Waals surface area contributed by atoms with Crippen LogP contribution in [0.3, 0.4) is 0 Å². The Bertz CT molecular complexity index is 851. The van der Waals surface area contributed by atoms with Crippen LogP contribution in [0.5, 0.6) is 5.75 Å². The minimum atomic E-state index is -0.655. The van der Waals surface area contributed by atoms with Crippen LogP contribution in [0.2, 0.25) is 10.0 Å². The number of carbonyl (C=O) groups is 2. The zero-order valence-corrected chi connectivity index (χ0v) is 19.8. The fraction of sp³-hybridized carbons (Fsp3) is 0.417. The van der Waals surface area contributed by atoms with E-state index in [0.29, 0.717) is 34.3 Å². The summed E-state index contributed by atoms with van der Waals surface area (Å²) in [6.45, 7) is 6.40. The molecule has 1 N–H and O–H groups in total. The van der Waals surface area contributed by atoms with Crippen molar-refractivity contribution in [3.05, 3.63) is 63.6 Å². The largest absolute Gasteiger partial charge is 0.484 e. The Labute approximate surface area is 194 Å². The van der Waals surface area contributed by atoms with Gasteiger partial charge < -0.3 is 15.0 Å². The molecule has 2 amide bonds. The summed E-state index contributed by atoms with van der Waals surface area (Å²) in [7, 11) is 0. The topological polar surface area (TPSA) is 58.6 Å². The Morgan fingerprint density at radius 1 is 1.03 bits per heavy atom. The standard InChI is InChI=1S/C24H30Cl2N2O3/c1-4-14-27-24(30)22(6-3)28(15-19-20(25)8-7-9-21(19)26)23(29)16-31-18-12-10-17(5-2)11-13-18/h7-13,22H,4-6,14-16H2,1-3H3,(H,27,30)/t22-/m1/s1. The third-order valence-corrected chi connectivity index (χ3v) is 5.73. The molecule has 0 spiro atoms. The van der Waals surface area contributed by atoms with Gasteiger partial charge in [-0.2, -0.15) is 0 Å². The Morgan fingerprint density at radius 3 is 2.23 bits per heavy atom. The van der Waals surface area contributed by atoms with Gasteiger partial charge in [0, 0.05) is 28.7 Å². The Balaban J connectivity index is 2.23. The molecule has 168 valence electrons. The van der Waals surface area contributed by atoms with Gasteiger partial charge in [-0.3, -0.25) is 9.59 Å². The van der Waals surface area contributed by atoms with Gasteiger partial charge in [-0.15, -0.1) is 0 Å². The van der Waals surface area contributed by atoms with E-state index in [1.165, 1.54) is 10.5 Å². The van der Waals surface area contributed by atoms with Gasteiger partial charge in [0.1, 0.15) is 11.8 Å². The summed E-state index contributed by atoms with van der Waals surface area (Å²) < 4.78 is 5.71. The molecule has 0 aliphatic heterocycles. The van der Waals surface area contributed by atoms with Gasteiger partial charge in [0.25, 0.3) is 5.91 Å². The summed E-state index contributed by atoms with van der Waals surface area (Å²) in [5.41, 5.74) is 1.79. The Morgan fingerprint density at radius 2 is 1.68 bits per heavy atom. The van der Waals surface area contributed by atoms with Crippen LogP contribution in [0.4, 0.5) is 0 Å². The van der Waals surface area contributed by atoms with Gasteiger partial charge in [-0.05, 0) is 49.1 Å². The summed E-state index contributed by atoms with van der Waals surface area (Å²) in [4.78, 5) is 27.5. The fourth-order valence-corrected chi connectivity index (χ4v) is 3.71. The molecule has 7 heteroatoms. The van der Waals surface area contributed by atoms with Crippen LogP contribution in [0.15, 0.2) is 42.5 Å². The maximum atomic E-state index is 13.2. The van der Waals surface area contributed by atoms with Crippen molar-refractivity contribution in [2.45, 2.75) is 52.6 Å². The highest BCUT2D eigenvalue weighted by Gasteiger charge is 2.29. The monoisotopic (exact) mass is 464 g/mol. The zero-order valence-electron chi connectivity index (χ0n) is 18.3. The number of hydrogen-bond acceptors (Lipinski definition) is 3. The van der Waals surface area contributed by atoms with Crippen molar-refractivity contribution >= 4 is 35.0 Å². The number of amides is 2. The summed E-state index contributed by atoms with van der Waals surface area (Å²) in [5.74, 6) is 0.0898. The van der Waals surface area contributed by atoms with Crippen molar-refractivity contribution in [2.24, 2.45) is 0 Å². The first-order valence-corrected chi connectivity index (χ1v) is 11.4. The zero-order chi connectivity index (χ0) is 22.8. The lowest BCUT2D eigenvalue weighted by atomic mass is 10.1. The van der Waals surface area contributed by atoms with Gasteiger partial charge in [0.15, 0.2) is 6.61 Å². The van der Waals surface area contributed by atoms with E-state index in [1.54, 1.807) is 18.2 Å². The van der Waals surface area contributed by atoms with Crippen LogP contribution in [-0.4, -0.2) is 35.9 Å². The normalized spacial score (nSPS) is 11.6. The summed E-state index contributed by atoms with van der Waals surface area (Å²) in [5, 5.41) is 3.78. The highest BCUT2D eigenvalue weighted by molar-refractivity contribution is 6.36. The van der Waals surface area contributed by atoms with Crippen LogP contribution in [0.1, 0.15) is 44.7 Å². The molecule has 0 aromatic heterocycles. The number of ether oxygens (including phenoxy) is 1. The second-order valence-corrected chi connectivity index (χ2v) is 8.04. The third kappa shape index (κ3) is 7.15. The number of rotatable bonds is 11. The lowest BCUT2D eigenvalue weighted by Crippen LogP contribution is -2.50. The van der Waals surface area contributed by atoms with Crippen LogP contribution in [0.25, 0.3) is 0 Å². The van der Waals surface area contributed by atoms with E-state index >= 15 is 0 Å². The van der Waals surface area contributed by atoms with Crippen molar-refractivity contribution in [1.29, 1.82) is 0 Å². The summed E-state index contributed by atoms with van der Waals surface area (Å²) in [6, 6.07) is 12.1. The van der Waals surface area contributed by atoms with E-state index in [9.17, 15) is 9.59 Å². The Kier molecular flexibility index (Phi) is 10.2. The van der Waals surface area contributed by atoms with Crippen molar-refractivity contribution in [1.82, 2.24) is 10.2 Å². The molecule has 5 nitrogen and oxygen atoms in total. The first kappa shape index (κ1) is 25.0. The summed E-state index contributed by atoms with van der Waals surface area (Å²) in [6.07, 6.45) is 2.19. The number of benzene rings is 2. The van der Waals surface area contributed by atoms with Crippen LogP contribution in [-0.2, 0) is 22.6 Å². The molecule has 0 heterocycles. The van der Waals surface area contributed by atoms with Gasteiger partial charge in [0.2, 0.25) is 5.91 Å². The molecule has 1 atom stereocenters. The number of nitrogens with zero attached hydrogens (tertiary/aromatic N) is 1. The summed E-state index contributed by atoms with van der Waals surface area (Å²) >= 11 is 12.7. The highest BCUT2D eigenvalue weighted by atomic mass is 35.5. The van der Waals surface area contributed by atoms with Crippen molar-refractivity contribution < 1.29 is 14.3 Å². The lowest BCUT2D eigenvalue weighted by molar-refractivity contribution is -0.143. The molecular formula is C24H30Cl2N2O3. The van der Waals surface area contributed by atoms with Gasteiger partial charge >= 0.3 is 0 Å². The molecular weight excluding hydrogens is 435 g/mol. The van der Waals surface area contributed by atoms with E-state index in [2.05, 4.69) is 12.2 Å². The van der Waals surface area contributed by atoms with E-state index in [4.69, 9.17) is 27.9 Å². The molecule has 0 fully saturated rings. The maximum Gasteiger partial charge on any atom is 0.261 e. The number of aryl methyl sites for hydroxylation is 1. The Hall–Kier alpha value is -2.24. The van der Waals surface area contributed by atoms with Crippen molar-refractivity contribution in [3.8, 4) is 5.75 Å². The van der Waals surface area contributed by atoms with E-state index < -0.39 is 6.04 Å². The SMILES string of the molecule is CCCNC(=O)[C@@H](CC)N(Cc1c(Cl)cccc1Cl)C(=O)COc1ccc(CC)cc1. The molecule has 0 aliphatic rings. The van der Waals surface area contributed by atoms with Crippen LogP contribution >= 0.6 is 23.2 Å². The molecule has 0 unspecified atom stereocenters. The molecule has 31 heavy (non-hydrogen) atoms. The van der Waals surface area contributed by atoms with Gasteiger partial charge in [-0.1, -0.05) is 62.2 Å². The van der Waals surface area contributed by atoms with Crippen molar-refractivity contribution in [2.75, 3.05) is 13.2 Å². The van der Waals surface area contributed by atoms with Gasteiger partial charge in [-0.25, -0.2) is 0 Å².